The van der Waals surface area contributed by atoms with Crippen LogP contribution in [0.15, 0.2) is 18.5 Å². The molecule has 3 N–H and O–H groups in total. The van der Waals surface area contributed by atoms with Crippen molar-refractivity contribution < 1.29 is 9.84 Å². The fraction of sp³-hybridized carbons (Fsp3) is 0.545. The number of aliphatic hydroxyl groups excluding tert-OH is 1. The number of nitrogens with one attached hydrogen (secondary N) is 2. The predicted octanol–water partition coefficient (Wildman–Crippen LogP) is 3.87. The third-order valence-corrected chi connectivity index (χ3v) is 6.75. The zero-order valence-electron chi connectivity index (χ0n) is 18.1. The molecule has 0 aliphatic heterocycles. The van der Waals surface area contributed by atoms with Gasteiger partial charge < -0.3 is 20.5 Å². The highest BCUT2D eigenvalue weighted by Gasteiger charge is 2.26. The lowest BCUT2D eigenvalue weighted by molar-refractivity contribution is 0.193. The van der Waals surface area contributed by atoms with Crippen LogP contribution in [-0.2, 0) is 4.74 Å². The zero-order chi connectivity index (χ0) is 21.6. The summed E-state index contributed by atoms with van der Waals surface area (Å²) >= 11 is 1.63. The van der Waals surface area contributed by atoms with E-state index in [2.05, 4.69) is 15.6 Å². The molecule has 1 aliphatic rings. The lowest BCUT2D eigenvalue weighted by Crippen LogP contribution is -2.19. The molecule has 0 spiro atoms. The molecule has 3 aromatic heterocycles. The molecule has 2 unspecified atom stereocenters. The Morgan fingerprint density at radius 1 is 1.23 bits per heavy atom. The van der Waals surface area contributed by atoms with E-state index in [0.29, 0.717) is 11.9 Å². The fourth-order valence-corrected chi connectivity index (χ4v) is 5.07. The first kappa shape index (κ1) is 21.9. The van der Waals surface area contributed by atoms with Gasteiger partial charge in [0.1, 0.15) is 16.3 Å². The summed E-state index contributed by atoms with van der Waals surface area (Å²) in [6.45, 7) is 3.80. The molecule has 0 bridgehead atoms. The number of unbranched alkanes of at least 4 members (excludes halogenated alkanes) is 1. The maximum Gasteiger partial charge on any atom is 0.224 e. The molecule has 0 saturated heterocycles. The summed E-state index contributed by atoms with van der Waals surface area (Å²) in [6.07, 6.45) is 8.57. The number of ether oxygens (including phenoxy) is 1. The van der Waals surface area contributed by atoms with Crippen molar-refractivity contribution in [3.05, 3.63) is 24.2 Å². The van der Waals surface area contributed by atoms with E-state index < -0.39 is 0 Å². The number of aryl methyl sites for hydroxylation is 1. The van der Waals surface area contributed by atoms with Gasteiger partial charge in [0.2, 0.25) is 5.95 Å². The Labute approximate surface area is 186 Å². The highest BCUT2D eigenvalue weighted by molar-refractivity contribution is 7.21. The van der Waals surface area contributed by atoms with Gasteiger partial charge in [-0.1, -0.05) is 0 Å². The van der Waals surface area contributed by atoms with Gasteiger partial charge in [-0.15, -0.1) is 11.3 Å². The molecule has 1 saturated carbocycles. The number of anilines is 2. The van der Waals surface area contributed by atoms with Gasteiger partial charge in [0.15, 0.2) is 0 Å². The summed E-state index contributed by atoms with van der Waals surface area (Å²) in [6, 6.07) is 2.27. The standard InChI is InChI=1S/C22H30N6O2S/c1-14-19(21-27-17-12-23-9-7-18(17)31-21)20(26-16-6-5-15(11-16)13-29)28-22(25-14)24-8-3-4-10-30-2/h7,9,12,15-16,29H,3-6,8,10-11,13H2,1-2H3,(H2,24,25,26,28). The van der Waals surface area contributed by atoms with Gasteiger partial charge in [-0.2, -0.15) is 4.98 Å². The summed E-state index contributed by atoms with van der Waals surface area (Å²) < 4.78 is 6.21. The third kappa shape index (κ3) is 5.28. The monoisotopic (exact) mass is 442 g/mol. The molecule has 0 amide bonds. The highest BCUT2D eigenvalue weighted by atomic mass is 32.1. The SMILES string of the molecule is COCCCCNc1nc(C)c(-c2nc3cnccc3s2)c(NC2CCC(CO)C2)n1. The Hall–Kier alpha value is -2.36. The van der Waals surface area contributed by atoms with Crippen LogP contribution in [0.5, 0.6) is 0 Å². The second-order valence-electron chi connectivity index (χ2n) is 8.05. The first-order valence-corrected chi connectivity index (χ1v) is 11.7. The van der Waals surface area contributed by atoms with Crippen molar-refractivity contribution in [3.8, 4) is 10.6 Å². The number of pyridine rings is 1. The van der Waals surface area contributed by atoms with Crippen LogP contribution in [0.3, 0.4) is 0 Å². The van der Waals surface area contributed by atoms with E-state index in [1.807, 2.05) is 13.0 Å². The van der Waals surface area contributed by atoms with E-state index in [1.54, 1.807) is 30.8 Å². The molecular formula is C22H30N6O2S. The molecule has 0 radical (unpaired) electrons. The topological polar surface area (TPSA) is 105 Å². The minimum atomic E-state index is 0.243. The molecule has 31 heavy (non-hydrogen) atoms. The second-order valence-corrected chi connectivity index (χ2v) is 9.08. The number of thiazole rings is 1. The minimum absolute atomic E-state index is 0.243. The minimum Gasteiger partial charge on any atom is -0.396 e. The summed E-state index contributed by atoms with van der Waals surface area (Å²) in [4.78, 5) is 18.5. The van der Waals surface area contributed by atoms with Crippen molar-refractivity contribution in [1.82, 2.24) is 19.9 Å². The highest BCUT2D eigenvalue weighted by Crippen LogP contribution is 2.37. The van der Waals surface area contributed by atoms with Gasteiger partial charge in [-0.3, -0.25) is 4.98 Å². The van der Waals surface area contributed by atoms with Gasteiger partial charge in [0, 0.05) is 39.1 Å². The van der Waals surface area contributed by atoms with Crippen molar-refractivity contribution in [3.63, 3.8) is 0 Å². The van der Waals surface area contributed by atoms with Crippen LogP contribution in [0.1, 0.15) is 37.8 Å². The number of aliphatic hydroxyl groups is 1. The Kier molecular flexibility index (Phi) is 7.26. The first-order chi connectivity index (χ1) is 15.2. The average molecular weight is 443 g/mol. The molecule has 1 aliphatic carbocycles. The van der Waals surface area contributed by atoms with Crippen LogP contribution in [0.2, 0.25) is 0 Å². The Balaban J connectivity index is 1.62. The van der Waals surface area contributed by atoms with Crippen molar-refractivity contribution in [1.29, 1.82) is 0 Å². The number of hydrogen-bond acceptors (Lipinski definition) is 9. The first-order valence-electron chi connectivity index (χ1n) is 10.9. The van der Waals surface area contributed by atoms with Crippen molar-refractivity contribution in [2.45, 2.75) is 45.1 Å². The van der Waals surface area contributed by atoms with Crippen LogP contribution in [0.25, 0.3) is 20.8 Å². The quantitative estimate of drug-likeness (QED) is 0.407. The van der Waals surface area contributed by atoms with Crippen LogP contribution < -0.4 is 10.6 Å². The smallest absolute Gasteiger partial charge is 0.224 e. The van der Waals surface area contributed by atoms with Gasteiger partial charge >= 0.3 is 0 Å². The fourth-order valence-electron chi connectivity index (χ4n) is 4.04. The molecule has 1 fully saturated rings. The lowest BCUT2D eigenvalue weighted by Gasteiger charge is -2.18. The molecule has 9 heteroatoms. The van der Waals surface area contributed by atoms with E-state index >= 15 is 0 Å². The third-order valence-electron chi connectivity index (χ3n) is 5.69. The largest absolute Gasteiger partial charge is 0.396 e. The summed E-state index contributed by atoms with van der Waals surface area (Å²) in [5.41, 5.74) is 2.72. The van der Waals surface area contributed by atoms with E-state index in [0.717, 1.165) is 77.6 Å². The second kappa shape index (κ2) is 10.3. The number of methoxy groups -OCH3 is 1. The molecule has 8 nitrogen and oxygen atoms in total. The normalized spacial score (nSPS) is 18.5. The number of fused-ring (bicyclic) bond motifs is 1. The van der Waals surface area contributed by atoms with Gasteiger partial charge in [0.05, 0.1) is 22.2 Å². The molecule has 3 aromatic rings. The Bertz CT molecular complexity index is 978. The molecular weight excluding hydrogens is 412 g/mol. The summed E-state index contributed by atoms with van der Waals surface area (Å²) in [5, 5.41) is 17.4. The molecule has 0 aromatic carbocycles. The van der Waals surface area contributed by atoms with E-state index in [4.69, 9.17) is 19.7 Å². The summed E-state index contributed by atoms with van der Waals surface area (Å²) in [5.74, 6) is 1.79. The molecule has 166 valence electrons. The van der Waals surface area contributed by atoms with Gasteiger partial charge in [-0.25, -0.2) is 9.97 Å². The van der Waals surface area contributed by atoms with Crippen LogP contribution in [0, 0.1) is 12.8 Å². The van der Waals surface area contributed by atoms with E-state index in [-0.39, 0.29) is 12.6 Å². The molecule has 3 heterocycles. The number of hydrogen-bond donors (Lipinski definition) is 3. The van der Waals surface area contributed by atoms with Gasteiger partial charge in [-0.05, 0) is 51.0 Å². The Morgan fingerprint density at radius 2 is 2.13 bits per heavy atom. The van der Waals surface area contributed by atoms with Crippen molar-refractivity contribution in [2.24, 2.45) is 5.92 Å². The van der Waals surface area contributed by atoms with Gasteiger partial charge in [0.25, 0.3) is 0 Å². The number of rotatable bonds is 10. The number of aromatic nitrogens is 4. The van der Waals surface area contributed by atoms with Crippen molar-refractivity contribution >= 4 is 33.3 Å². The maximum absolute atomic E-state index is 9.52. The van der Waals surface area contributed by atoms with Crippen molar-refractivity contribution in [2.75, 3.05) is 37.5 Å². The zero-order valence-corrected chi connectivity index (χ0v) is 18.9. The molecule has 4 rings (SSSR count). The predicted molar refractivity (Wildman–Crippen MR) is 125 cm³/mol. The lowest BCUT2D eigenvalue weighted by atomic mass is 10.1. The molecule has 2 atom stereocenters. The van der Waals surface area contributed by atoms with Crippen LogP contribution in [0.4, 0.5) is 11.8 Å². The summed E-state index contributed by atoms with van der Waals surface area (Å²) in [7, 11) is 1.72. The van der Waals surface area contributed by atoms with E-state index in [1.165, 1.54) is 0 Å². The maximum atomic E-state index is 9.52. The van der Waals surface area contributed by atoms with Crippen LogP contribution >= 0.6 is 11.3 Å². The Morgan fingerprint density at radius 3 is 2.90 bits per heavy atom. The average Bonchev–Trinajstić information content (AvgIpc) is 3.40. The number of nitrogens with zero attached hydrogens (tertiary/aromatic N) is 4. The van der Waals surface area contributed by atoms with E-state index in [9.17, 15) is 5.11 Å². The van der Waals surface area contributed by atoms with Crippen LogP contribution in [-0.4, -0.2) is 58.0 Å².